The highest BCUT2D eigenvalue weighted by Crippen LogP contribution is 2.48. The van der Waals surface area contributed by atoms with Gasteiger partial charge in [0.1, 0.15) is 46.5 Å². The Balaban J connectivity index is 1.37. The predicted molar refractivity (Wildman–Crippen MR) is 206 cm³/mol. The molecule has 312 valence electrons. The zero-order chi connectivity index (χ0) is 41.5. The van der Waals surface area contributed by atoms with Crippen LogP contribution in [0.4, 0.5) is 9.18 Å². The highest BCUT2D eigenvalue weighted by Gasteiger charge is 2.64. The lowest BCUT2D eigenvalue weighted by molar-refractivity contribution is -0.142. The van der Waals surface area contributed by atoms with Crippen molar-refractivity contribution in [2.75, 3.05) is 27.4 Å². The highest BCUT2D eigenvalue weighted by molar-refractivity contribution is 7.91. The molecule has 3 heterocycles. The summed E-state index contributed by atoms with van der Waals surface area (Å²) in [5, 5.41) is 6.10. The van der Waals surface area contributed by atoms with Gasteiger partial charge in [0.05, 0.1) is 31.7 Å². The molecule has 18 heteroatoms. The molecular weight excluding hydrogens is 764 g/mol. The molecular formula is C39H53FN6O10S. The number of alkyl halides is 1. The molecule has 1 saturated heterocycles. The number of ether oxygens (including phenoxy) is 4. The Morgan fingerprint density at radius 3 is 2.47 bits per heavy atom. The molecule has 0 bridgehead atoms. The second-order valence-corrected chi connectivity index (χ2v) is 18.9. The molecule has 2 aliphatic heterocycles. The van der Waals surface area contributed by atoms with E-state index in [0.717, 1.165) is 0 Å². The minimum atomic E-state index is -4.40. The number of nitrogens with zero attached hydrogens (tertiary/aromatic N) is 3. The van der Waals surface area contributed by atoms with Crippen molar-refractivity contribution in [1.29, 1.82) is 0 Å². The van der Waals surface area contributed by atoms with Gasteiger partial charge < -0.3 is 34.5 Å². The second-order valence-electron chi connectivity index (χ2n) is 16.9. The highest BCUT2D eigenvalue weighted by atomic mass is 32.2. The number of methoxy groups -OCH3 is 2. The number of rotatable bonds is 9. The molecule has 1 aromatic heterocycles. The van der Waals surface area contributed by atoms with Crippen LogP contribution in [-0.2, 0) is 29.1 Å². The Morgan fingerprint density at radius 2 is 1.82 bits per heavy atom. The van der Waals surface area contributed by atoms with Gasteiger partial charge in [0.2, 0.25) is 27.7 Å². The summed E-state index contributed by atoms with van der Waals surface area (Å²) in [4.78, 5) is 66.6. The van der Waals surface area contributed by atoms with Gasteiger partial charge in [-0.05, 0) is 83.3 Å². The number of allylic oxidation sites excluding steroid dienone is 1. The molecule has 4 aliphatic rings. The molecule has 2 aromatic rings. The topological polar surface area (TPSA) is 204 Å². The van der Waals surface area contributed by atoms with Crippen molar-refractivity contribution in [3.05, 3.63) is 30.4 Å². The summed E-state index contributed by atoms with van der Waals surface area (Å²) < 4.78 is 63.3. The van der Waals surface area contributed by atoms with Crippen molar-refractivity contribution in [3.8, 4) is 17.6 Å². The summed E-state index contributed by atoms with van der Waals surface area (Å²) in [6.45, 7) is 7.76. The maximum absolute atomic E-state index is 14.8. The minimum Gasteiger partial charge on any atom is -0.497 e. The summed E-state index contributed by atoms with van der Waals surface area (Å²) in [7, 11) is -1.48. The number of hydrogen-bond acceptors (Lipinski definition) is 12. The van der Waals surface area contributed by atoms with E-state index in [0.29, 0.717) is 35.9 Å². The van der Waals surface area contributed by atoms with Crippen LogP contribution in [0, 0.1) is 17.8 Å². The number of sulfonamides is 1. The van der Waals surface area contributed by atoms with Crippen molar-refractivity contribution in [2.45, 2.75) is 114 Å². The summed E-state index contributed by atoms with van der Waals surface area (Å²) in [5.41, 5.74) is -2.08. The zero-order valence-electron chi connectivity index (χ0n) is 33.4. The molecule has 16 nitrogen and oxygen atoms in total. The van der Waals surface area contributed by atoms with Gasteiger partial charge in [-0.2, -0.15) is 9.97 Å². The maximum atomic E-state index is 14.8. The van der Waals surface area contributed by atoms with Gasteiger partial charge in [0, 0.05) is 18.4 Å². The lowest BCUT2D eigenvalue weighted by Gasteiger charge is -2.33. The fourth-order valence-electron chi connectivity index (χ4n) is 7.71. The first-order valence-corrected chi connectivity index (χ1v) is 20.8. The van der Waals surface area contributed by atoms with E-state index in [9.17, 15) is 32.0 Å². The maximum Gasteiger partial charge on any atom is 0.408 e. The van der Waals surface area contributed by atoms with Crippen LogP contribution in [0.15, 0.2) is 30.4 Å². The van der Waals surface area contributed by atoms with E-state index >= 15 is 0 Å². The van der Waals surface area contributed by atoms with E-state index in [4.69, 9.17) is 18.9 Å². The van der Waals surface area contributed by atoms with E-state index in [1.165, 1.54) is 19.1 Å². The quantitative estimate of drug-likeness (QED) is 0.310. The molecule has 0 spiro atoms. The Morgan fingerprint density at radius 1 is 1.09 bits per heavy atom. The third kappa shape index (κ3) is 8.89. The van der Waals surface area contributed by atoms with E-state index in [1.807, 2.05) is 19.9 Å². The number of carbonyl (C=O) groups excluding carboxylic acids is 4. The Labute approximate surface area is 332 Å². The van der Waals surface area contributed by atoms with Gasteiger partial charge in [-0.25, -0.2) is 17.6 Å². The fourth-order valence-corrected chi connectivity index (χ4v) is 9.14. The van der Waals surface area contributed by atoms with Crippen LogP contribution in [-0.4, -0.2) is 109 Å². The molecule has 1 aromatic carbocycles. The average molecular weight is 817 g/mol. The standard InChI is InChI=1S/C39H53FN6O10S/c1-22-10-8-9-11-24-19-39(24,34(49)45-57(51,52)38(21-40)14-15-38)44-31(47)29-18-26(55-32-27-13-12-25(53-6)17-28(27)41-35(43-32)54-7)20-46(29)33(48)30(23(2)16-22)42-36(50)56-37(3,4)5/h9,11-13,17,22-24,26,29-30H,8,10,14-16,18-21H2,1-7H3,(H,42,50)(H,44,47)(H,45,49)/b11-9-/t22-,23-,24-,26-,29+,30+,39-/m1/s1. The van der Waals surface area contributed by atoms with Crippen molar-refractivity contribution >= 4 is 44.7 Å². The monoisotopic (exact) mass is 816 g/mol. The first-order valence-electron chi connectivity index (χ1n) is 19.3. The number of halogens is 1. The van der Waals surface area contributed by atoms with Crippen LogP contribution in [0.1, 0.15) is 79.6 Å². The predicted octanol–water partition coefficient (Wildman–Crippen LogP) is 3.72. The van der Waals surface area contributed by atoms with Crippen molar-refractivity contribution in [3.63, 3.8) is 0 Å². The smallest absolute Gasteiger partial charge is 0.408 e. The summed E-state index contributed by atoms with van der Waals surface area (Å²) in [6.07, 6.45) is 4.11. The van der Waals surface area contributed by atoms with E-state index in [-0.39, 0.29) is 50.0 Å². The van der Waals surface area contributed by atoms with Crippen LogP contribution < -0.4 is 29.6 Å². The van der Waals surface area contributed by atoms with Crippen LogP contribution in [0.25, 0.3) is 10.9 Å². The lowest BCUT2D eigenvalue weighted by Crippen LogP contribution is -2.59. The van der Waals surface area contributed by atoms with Gasteiger partial charge >= 0.3 is 12.1 Å². The summed E-state index contributed by atoms with van der Waals surface area (Å²) >= 11 is 0. The molecule has 4 amide bonds. The molecule has 7 atom stereocenters. The van der Waals surface area contributed by atoms with E-state index in [1.54, 1.807) is 45.0 Å². The van der Waals surface area contributed by atoms with Crippen molar-refractivity contribution in [1.82, 2.24) is 30.2 Å². The van der Waals surface area contributed by atoms with Gasteiger partial charge in [-0.15, -0.1) is 0 Å². The average Bonchev–Trinajstić information content (AvgIpc) is 4.05. The van der Waals surface area contributed by atoms with Crippen molar-refractivity contribution in [2.24, 2.45) is 17.8 Å². The molecule has 3 N–H and O–H groups in total. The van der Waals surface area contributed by atoms with Crippen molar-refractivity contribution < 1.29 is 50.9 Å². The molecule has 6 rings (SSSR count). The third-order valence-electron chi connectivity index (χ3n) is 11.2. The molecule has 57 heavy (non-hydrogen) atoms. The molecule has 3 fully saturated rings. The number of hydrogen-bond donors (Lipinski definition) is 3. The van der Waals surface area contributed by atoms with Gasteiger partial charge in [0.15, 0.2) is 0 Å². The SMILES string of the molecule is COc1ccc2c(O[C@@H]3C[C@H]4C(=O)N[C@]5(C(=O)NS(=O)(=O)C6(CF)CC6)C[C@H]5/C=C\CC[C@@H](C)C[C@@H](C)[C@H](NC(=O)OC(C)(C)C)C(=O)N4C3)nc(OC)nc2c1. The van der Waals surface area contributed by atoms with Gasteiger partial charge in [-0.1, -0.05) is 26.0 Å². The molecule has 0 radical (unpaired) electrons. The van der Waals surface area contributed by atoms with Crippen LogP contribution in [0.2, 0.25) is 0 Å². The zero-order valence-corrected chi connectivity index (χ0v) is 34.2. The number of benzene rings is 1. The van der Waals surface area contributed by atoms with Crippen LogP contribution >= 0.6 is 0 Å². The van der Waals surface area contributed by atoms with Gasteiger partial charge in [0.25, 0.3) is 5.91 Å². The number of amides is 4. The lowest BCUT2D eigenvalue weighted by atomic mass is 9.88. The Hall–Kier alpha value is -4.74. The van der Waals surface area contributed by atoms with E-state index < -0.39 is 86.4 Å². The number of fused-ring (bicyclic) bond motifs is 3. The normalized spacial score (nSPS) is 29.4. The van der Waals surface area contributed by atoms with E-state index in [2.05, 4.69) is 25.3 Å². The third-order valence-corrected chi connectivity index (χ3v) is 13.4. The molecule has 0 unspecified atom stereocenters. The number of carbonyl (C=O) groups is 4. The van der Waals surface area contributed by atoms with Gasteiger partial charge in [-0.3, -0.25) is 19.1 Å². The molecule has 2 saturated carbocycles. The second kappa shape index (κ2) is 15.9. The summed E-state index contributed by atoms with van der Waals surface area (Å²) in [5.74, 6) is -2.47. The first-order chi connectivity index (χ1) is 26.8. The first kappa shape index (κ1) is 41.9. The van der Waals surface area contributed by atoms with Crippen LogP contribution in [0.5, 0.6) is 17.6 Å². The molecule has 2 aliphatic carbocycles. The number of alkyl carbamates (subject to hydrolysis) is 1. The summed E-state index contributed by atoms with van der Waals surface area (Å²) in [6, 6.07) is 2.76. The fraction of sp³-hybridized carbons (Fsp3) is 0.641. The number of aromatic nitrogens is 2. The number of nitrogens with one attached hydrogen (secondary N) is 3. The Bertz CT molecular complexity index is 2030. The largest absolute Gasteiger partial charge is 0.497 e. The minimum absolute atomic E-state index is 0.00783. The Kier molecular flexibility index (Phi) is 11.7. The van der Waals surface area contributed by atoms with Crippen LogP contribution in [0.3, 0.4) is 0 Å².